The topological polar surface area (TPSA) is 114 Å². The zero-order valence-corrected chi connectivity index (χ0v) is 24.5. The normalized spacial score (nSPS) is 28.9. The molecular formula is C29H36F4N4O4S. The monoisotopic (exact) mass is 612 g/mol. The Morgan fingerprint density at radius 3 is 2.40 bits per heavy atom. The van der Waals surface area contributed by atoms with Crippen molar-refractivity contribution < 1.29 is 37.6 Å². The van der Waals surface area contributed by atoms with Crippen LogP contribution in [0.3, 0.4) is 0 Å². The zero-order valence-electron chi connectivity index (χ0n) is 23.6. The third-order valence-corrected chi connectivity index (χ3v) is 12.3. The average molecular weight is 613 g/mol. The minimum absolute atomic E-state index is 0.117. The predicted octanol–water partition coefficient (Wildman–Crippen LogP) is 4.21. The molecule has 8 nitrogen and oxygen atoms in total. The van der Waals surface area contributed by atoms with Crippen molar-refractivity contribution in [3.63, 3.8) is 0 Å². The van der Waals surface area contributed by atoms with Crippen molar-refractivity contribution in [2.75, 3.05) is 19.5 Å². The quantitative estimate of drug-likeness (QED) is 0.234. The number of alkyl halides is 2. The molecule has 3 aromatic rings. The van der Waals surface area contributed by atoms with E-state index in [9.17, 15) is 32.9 Å². The maximum atomic E-state index is 14.2. The van der Waals surface area contributed by atoms with Gasteiger partial charge in [0.05, 0.1) is 41.6 Å². The number of aryl methyl sites for hydroxylation is 1. The van der Waals surface area contributed by atoms with Crippen LogP contribution in [0.5, 0.6) is 0 Å². The van der Waals surface area contributed by atoms with Gasteiger partial charge in [-0.1, -0.05) is 11.3 Å². The van der Waals surface area contributed by atoms with Crippen molar-refractivity contribution in [2.24, 2.45) is 0 Å². The van der Waals surface area contributed by atoms with E-state index in [0.717, 1.165) is 17.7 Å². The average Bonchev–Trinajstić information content (AvgIpc) is 3.44. The first-order valence-corrected chi connectivity index (χ1v) is 15.5. The van der Waals surface area contributed by atoms with Crippen molar-refractivity contribution in [1.82, 2.24) is 20.0 Å². The third-order valence-electron chi connectivity index (χ3n) is 8.82. The van der Waals surface area contributed by atoms with Crippen LogP contribution in [0.4, 0.5) is 17.6 Å². The van der Waals surface area contributed by atoms with E-state index >= 15 is 0 Å². The number of hydrogen-bond donors (Lipinski definition) is 4. The molecule has 0 bridgehead atoms. The number of rotatable bonds is 7. The number of aromatic nitrogens is 4. The van der Waals surface area contributed by atoms with E-state index in [1.165, 1.54) is 24.9 Å². The molecule has 0 amide bonds. The van der Waals surface area contributed by atoms with Crippen LogP contribution in [-0.2, 0) is 4.74 Å². The van der Waals surface area contributed by atoms with E-state index in [4.69, 9.17) is 4.74 Å². The molecule has 42 heavy (non-hydrogen) atoms. The molecule has 13 heteroatoms. The van der Waals surface area contributed by atoms with Gasteiger partial charge < -0.3 is 20.1 Å². The second-order valence-electron chi connectivity index (χ2n) is 11.4. The van der Waals surface area contributed by atoms with E-state index in [1.54, 1.807) is 12.3 Å². The summed E-state index contributed by atoms with van der Waals surface area (Å²) in [4.78, 5) is 4.57. The van der Waals surface area contributed by atoms with Gasteiger partial charge in [-0.25, -0.2) is 33.1 Å². The second kappa shape index (κ2) is 11.8. The summed E-state index contributed by atoms with van der Waals surface area (Å²) in [5.41, 5.74) is 0.0450. The highest BCUT2D eigenvalue weighted by Gasteiger charge is 2.54. The maximum Gasteiger partial charge on any atom is 0.248 e. The highest BCUT2D eigenvalue weighted by molar-refractivity contribution is 8.18. The number of hydrogen-bond acceptors (Lipinski definition) is 7. The van der Waals surface area contributed by atoms with Gasteiger partial charge in [-0.15, -0.1) is 5.10 Å². The number of pyridine rings is 1. The largest absolute Gasteiger partial charge is 0.395 e. The molecule has 1 unspecified atom stereocenters. The Hall–Kier alpha value is -2.58. The molecule has 5 rings (SSSR count). The lowest BCUT2D eigenvalue weighted by atomic mass is 9.79. The molecule has 1 aliphatic heterocycles. The molecule has 1 saturated heterocycles. The van der Waals surface area contributed by atoms with Gasteiger partial charge >= 0.3 is 0 Å². The molecule has 1 saturated carbocycles. The van der Waals surface area contributed by atoms with Crippen molar-refractivity contribution in [1.29, 1.82) is 0 Å². The second-order valence-corrected chi connectivity index (χ2v) is 14.0. The van der Waals surface area contributed by atoms with Crippen LogP contribution < -0.4 is 0 Å². The summed E-state index contributed by atoms with van der Waals surface area (Å²) in [5.74, 6) is -4.04. The molecule has 0 radical (unpaired) electrons. The fraction of sp³-hybridized carbons (Fsp3) is 0.552. The molecule has 1 aliphatic carbocycles. The fourth-order valence-corrected chi connectivity index (χ4v) is 10.2. The zero-order chi connectivity index (χ0) is 30.4. The number of nitrogens with zero attached hydrogens (tertiary/aromatic N) is 4. The van der Waals surface area contributed by atoms with Crippen LogP contribution in [-0.4, -0.2) is 83.7 Å². The van der Waals surface area contributed by atoms with E-state index in [0.29, 0.717) is 11.4 Å². The molecule has 3 N–H and O–H groups in total. The summed E-state index contributed by atoms with van der Waals surface area (Å²) in [5, 5.41) is 41.1. The minimum atomic E-state index is -2.88. The van der Waals surface area contributed by atoms with Crippen molar-refractivity contribution in [2.45, 2.75) is 79.8 Å². The van der Waals surface area contributed by atoms with E-state index < -0.39 is 82.3 Å². The molecule has 2 aromatic heterocycles. The van der Waals surface area contributed by atoms with Gasteiger partial charge in [-0.05, 0) is 50.5 Å². The number of halogens is 4. The molecule has 1 aromatic carbocycles. The van der Waals surface area contributed by atoms with Gasteiger partial charge in [-0.2, -0.15) is 0 Å². The van der Waals surface area contributed by atoms with E-state index in [-0.39, 0.29) is 29.7 Å². The molecule has 6 atom stereocenters. The van der Waals surface area contributed by atoms with Crippen LogP contribution in [0.15, 0.2) is 36.7 Å². The van der Waals surface area contributed by atoms with Crippen LogP contribution in [0.1, 0.15) is 53.8 Å². The molecule has 230 valence electrons. The van der Waals surface area contributed by atoms with E-state index in [1.807, 2.05) is 13.0 Å². The fourth-order valence-electron chi connectivity index (χ4n) is 6.32. The summed E-state index contributed by atoms with van der Waals surface area (Å²) in [6.07, 6.45) is -0.0990. The summed E-state index contributed by atoms with van der Waals surface area (Å²) >= 11 is 0. The number of methoxy groups -OCH3 is 1. The van der Waals surface area contributed by atoms with Gasteiger partial charge in [0.2, 0.25) is 5.92 Å². The first-order valence-electron chi connectivity index (χ1n) is 13.9. The number of benzene rings is 1. The smallest absolute Gasteiger partial charge is 0.248 e. The predicted molar refractivity (Wildman–Crippen MR) is 151 cm³/mol. The Morgan fingerprint density at radius 1 is 1.14 bits per heavy atom. The SMILES string of the molecule is CO[C@H]1C[SH]([C@H](c2ncccc2C)C2(O)CCC(F)(F)CC2)[C@H](CO)[C@H](O)[C@@H]1n1cc(-c2cc(F)c(C)c(F)c2)nn1. The van der Waals surface area contributed by atoms with Crippen LogP contribution in [0.25, 0.3) is 11.3 Å². The minimum Gasteiger partial charge on any atom is -0.395 e. The van der Waals surface area contributed by atoms with Gasteiger partial charge in [0.1, 0.15) is 23.4 Å². The maximum absolute atomic E-state index is 14.2. The summed E-state index contributed by atoms with van der Waals surface area (Å²) < 4.78 is 64.1. The van der Waals surface area contributed by atoms with Crippen LogP contribution >= 0.6 is 10.9 Å². The summed E-state index contributed by atoms with van der Waals surface area (Å²) in [6.45, 7) is 2.73. The Labute approximate surface area is 244 Å². The first-order chi connectivity index (χ1) is 19.9. The Morgan fingerprint density at radius 2 is 1.81 bits per heavy atom. The van der Waals surface area contributed by atoms with Gasteiger partial charge in [0.25, 0.3) is 0 Å². The van der Waals surface area contributed by atoms with Crippen LogP contribution in [0, 0.1) is 25.5 Å². The summed E-state index contributed by atoms with van der Waals surface area (Å²) in [7, 11) is -0.0185. The van der Waals surface area contributed by atoms with E-state index in [2.05, 4.69) is 15.3 Å². The van der Waals surface area contributed by atoms with Crippen LogP contribution in [0.2, 0.25) is 0 Å². The lowest BCUT2D eigenvalue weighted by Crippen LogP contribution is -2.54. The molecule has 2 fully saturated rings. The van der Waals surface area contributed by atoms with Crippen molar-refractivity contribution >= 4 is 10.9 Å². The van der Waals surface area contributed by atoms with Gasteiger partial charge in [0.15, 0.2) is 0 Å². The number of aliphatic hydroxyl groups is 3. The Balaban J connectivity index is 1.52. The summed E-state index contributed by atoms with van der Waals surface area (Å²) in [6, 6.07) is 5.07. The lowest BCUT2D eigenvalue weighted by Gasteiger charge is -2.53. The number of aliphatic hydroxyl groups excluding tert-OH is 2. The van der Waals surface area contributed by atoms with Gasteiger partial charge in [0, 0.05) is 48.3 Å². The number of thiol groups is 1. The highest BCUT2D eigenvalue weighted by atomic mass is 32.2. The van der Waals surface area contributed by atoms with Gasteiger partial charge in [-0.3, -0.25) is 4.98 Å². The number of ether oxygens (including phenoxy) is 1. The van der Waals surface area contributed by atoms with Crippen molar-refractivity contribution in [3.8, 4) is 11.3 Å². The standard InChI is InChI=1S/C29H36F4N4O4S/c1-16-5-4-10-34-24(16)27(28(40)6-8-29(32,33)9-7-28)42-15-22(41-3)25(26(39)23(42)14-38)37-13-21(35-36-37)18-11-19(30)17(2)20(31)12-18/h4-5,10-13,22-23,25-27,38-40,42H,6-9,14-15H2,1-3H3/t22-,23+,25+,26-,27+/m0/s1. The highest BCUT2D eigenvalue weighted by Crippen LogP contribution is 2.61. The molecule has 2 aliphatic rings. The third kappa shape index (κ3) is 5.69. The molecule has 3 heterocycles. The Kier molecular flexibility index (Phi) is 8.70. The lowest BCUT2D eigenvalue weighted by molar-refractivity contribution is -0.105. The molecule has 0 spiro atoms. The molecular weight excluding hydrogens is 576 g/mol. The Bertz CT molecular complexity index is 1390. The van der Waals surface area contributed by atoms with Crippen molar-refractivity contribution in [3.05, 3.63) is 65.1 Å². The first kappa shape index (κ1) is 30.9.